The molecule has 2 aromatic rings. The van der Waals surface area contributed by atoms with Crippen molar-refractivity contribution in [3.63, 3.8) is 0 Å². The summed E-state index contributed by atoms with van der Waals surface area (Å²) in [5.74, 6) is 2.13. The standard InChI is InChI=1S/C14H19N3O2/c1-17(10-12-9-14(15)16-19-12)8-7-11-5-3-4-6-13(11)18-2/h3-6,9H,7-8,10H2,1-2H3,(H2,15,16). The number of hydrogen-bond acceptors (Lipinski definition) is 5. The van der Waals surface area contributed by atoms with Gasteiger partial charge in [-0.2, -0.15) is 0 Å². The van der Waals surface area contributed by atoms with Crippen LogP contribution in [0.3, 0.4) is 0 Å². The number of rotatable bonds is 6. The molecule has 0 unspecified atom stereocenters. The molecular formula is C14H19N3O2. The molecule has 0 aliphatic rings. The van der Waals surface area contributed by atoms with Crippen LogP contribution in [0.4, 0.5) is 5.82 Å². The van der Waals surface area contributed by atoms with E-state index in [0.29, 0.717) is 12.4 Å². The molecule has 2 rings (SSSR count). The molecule has 0 atom stereocenters. The number of likely N-dealkylation sites (N-methyl/N-ethyl adjacent to an activating group) is 1. The van der Waals surface area contributed by atoms with Gasteiger partial charge in [0.25, 0.3) is 0 Å². The molecule has 0 radical (unpaired) electrons. The highest BCUT2D eigenvalue weighted by Gasteiger charge is 2.07. The van der Waals surface area contributed by atoms with Gasteiger partial charge in [0.2, 0.25) is 0 Å². The Morgan fingerprint density at radius 2 is 2.16 bits per heavy atom. The lowest BCUT2D eigenvalue weighted by atomic mass is 10.1. The van der Waals surface area contributed by atoms with Gasteiger partial charge < -0.3 is 15.0 Å². The second kappa shape index (κ2) is 6.24. The van der Waals surface area contributed by atoms with Crippen LogP contribution >= 0.6 is 0 Å². The Labute approximate surface area is 112 Å². The molecular weight excluding hydrogens is 242 g/mol. The van der Waals surface area contributed by atoms with E-state index >= 15 is 0 Å². The second-order valence-electron chi connectivity index (χ2n) is 4.52. The summed E-state index contributed by atoms with van der Waals surface area (Å²) in [5.41, 5.74) is 6.72. The van der Waals surface area contributed by atoms with Gasteiger partial charge in [0.15, 0.2) is 11.6 Å². The average Bonchev–Trinajstić information content (AvgIpc) is 2.82. The molecule has 0 saturated heterocycles. The van der Waals surface area contributed by atoms with Crippen LogP contribution in [0.25, 0.3) is 0 Å². The Balaban J connectivity index is 1.87. The maximum atomic E-state index is 5.52. The summed E-state index contributed by atoms with van der Waals surface area (Å²) in [6, 6.07) is 9.81. The number of benzene rings is 1. The SMILES string of the molecule is COc1ccccc1CCN(C)Cc1cc(N)no1. The number of nitrogen functional groups attached to an aromatic ring is 1. The highest BCUT2D eigenvalue weighted by molar-refractivity contribution is 5.33. The molecule has 0 saturated carbocycles. The van der Waals surface area contributed by atoms with Gasteiger partial charge in [0.1, 0.15) is 5.75 Å². The normalized spacial score (nSPS) is 10.9. The summed E-state index contributed by atoms with van der Waals surface area (Å²) < 4.78 is 10.4. The zero-order valence-corrected chi connectivity index (χ0v) is 11.3. The Hall–Kier alpha value is -2.01. The van der Waals surface area contributed by atoms with Gasteiger partial charge in [0, 0.05) is 12.6 Å². The quantitative estimate of drug-likeness (QED) is 0.861. The lowest BCUT2D eigenvalue weighted by Gasteiger charge is -2.15. The zero-order valence-electron chi connectivity index (χ0n) is 11.3. The van der Waals surface area contributed by atoms with Crippen molar-refractivity contribution in [2.75, 3.05) is 26.4 Å². The highest BCUT2D eigenvalue weighted by atomic mass is 16.5. The number of para-hydroxylation sites is 1. The third kappa shape index (κ3) is 3.72. The molecule has 0 aliphatic carbocycles. The molecule has 1 heterocycles. The van der Waals surface area contributed by atoms with Gasteiger partial charge in [-0.3, -0.25) is 4.90 Å². The highest BCUT2D eigenvalue weighted by Crippen LogP contribution is 2.18. The fraction of sp³-hybridized carbons (Fsp3) is 0.357. The van der Waals surface area contributed by atoms with Crippen LogP contribution < -0.4 is 10.5 Å². The van der Waals surface area contributed by atoms with E-state index in [1.165, 1.54) is 5.56 Å². The van der Waals surface area contributed by atoms with E-state index in [4.69, 9.17) is 15.0 Å². The maximum Gasteiger partial charge on any atom is 0.167 e. The molecule has 0 bridgehead atoms. The van der Waals surface area contributed by atoms with E-state index < -0.39 is 0 Å². The third-order valence-electron chi connectivity index (χ3n) is 2.96. The smallest absolute Gasteiger partial charge is 0.167 e. The average molecular weight is 261 g/mol. The van der Waals surface area contributed by atoms with E-state index in [1.54, 1.807) is 13.2 Å². The number of nitrogens with zero attached hydrogens (tertiary/aromatic N) is 2. The predicted molar refractivity (Wildman–Crippen MR) is 73.9 cm³/mol. The predicted octanol–water partition coefficient (Wildman–Crippen LogP) is 1.94. The minimum Gasteiger partial charge on any atom is -0.496 e. The van der Waals surface area contributed by atoms with Gasteiger partial charge >= 0.3 is 0 Å². The minimum absolute atomic E-state index is 0.424. The Bertz CT molecular complexity index is 525. The van der Waals surface area contributed by atoms with Crippen molar-refractivity contribution in [1.82, 2.24) is 10.1 Å². The lowest BCUT2D eigenvalue weighted by molar-refractivity contribution is 0.274. The zero-order chi connectivity index (χ0) is 13.7. The monoisotopic (exact) mass is 261 g/mol. The van der Waals surface area contributed by atoms with Crippen LogP contribution in [0, 0.1) is 0 Å². The van der Waals surface area contributed by atoms with Crippen molar-refractivity contribution in [2.24, 2.45) is 0 Å². The van der Waals surface area contributed by atoms with Crippen LogP contribution in [0.15, 0.2) is 34.9 Å². The maximum absolute atomic E-state index is 5.52. The van der Waals surface area contributed by atoms with Crippen molar-refractivity contribution >= 4 is 5.82 Å². The van der Waals surface area contributed by atoms with Gasteiger partial charge in [-0.05, 0) is 25.1 Å². The summed E-state index contributed by atoms with van der Waals surface area (Å²) in [5, 5.41) is 3.67. The Kier molecular flexibility index (Phi) is 4.41. The third-order valence-corrected chi connectivity index (χ3v) is 2.96. The van der Waals surface area contributed by atoms with Crippen LogP contribution in [0.1, 0.15) is 11.3 Å². The van der Waals surface area contributed by atoms with E-state index in [0.717, 1.165) is 24.5 Å². The number of nitrogens with two attached hydrogens (primary N) is 1. The number of hydrogen-bond donors (Lipinski definition) is 1. The van der Waals surface area contributed by atoms with Crippen molar-refractivity contribution in [2.45, 2.75) is 13.0 Å². The molecule has 0 amide bonds. The van der Waals surface area contributed by atoms with Gasteiger partial charge in [-0.1, -0.05) is 23.4 Å². The van der Waals surface area contributed by atoms with Gasteiger partial charge in [-0.25, -0.2) is 0 Å². The second-order valence-corrected chi connectivity index (χ2v) is 4.52. The number of ether oxygens (including phenoxy) is 1. The van der Waals surface area contributed by atoms with E-state index in [-0.39, 0.29) is 0 Å². The molecule has 1 aromatic carbocycles. The summed E-state index contributed by atoms with van der Waals surface area (Å²) in [4.78, 5) is 2.16. The number of anilines is 1. The first kappa shape index (κ1) is 13.4. The van der Waals surface area contributed by atoms with Crippen molar-refractivity contribution in [3.05, 3.63) is 41.7 Å². The van der Waals surface area contributed by atoms with Crippen LogP contribution in [0.2, 0.25) is 0 Å². The van der Waals surface area contributed by atoms with Crippen molar-refractivity contribution in [3.8, 4) is 5.75 Å². The number of methoxy groups -OCH3 is 1. The molecule has 0 fully saturated rings. The van der Waals surface area contributed by atoms with E-state index in [2.05, 4.69) is 16.1 Å². The molecule has 102 valence electrons. The summed E-state index contributed by atoms with van der Waals surface area (Å²) in [7, 11) is 3.73. The molecule has 19 heavy (non-hydrogen) atoms. The van der Waals surface area contributed by atoms with Crippen LogP contribution in [-0.2, 0) is 13.0 Å². The summed E-state index contributed by atoms with van der Waals surface area (Å²) >= 11 is 0. The molecule has 5 heteroatoms. The molecule has 0 spiro atoms. The van der Waals surface area contributed by atoms with Gasteiger partial charge in [0.05, 0.1) is 13.7 Å². The first-order valence-electron chi connectivity index (χ1n) is 6.20. The Morgan fingerprint density at radius 3 is 2.84 bits per heavy atom. The van der Waals surface area contributed by atoms with E-state index in [1.807, 2.05) is 25.2 Å². The molecule has 2 N–H and O–H groups in total. The topological polar surface area (TPSA) is 64.5 Å². The first-order valence-corrected chi connectivity index (χ1v) is 6.20. The van der Waals surface area contributed by atoms with Crippen LogP contribution in [-0.4, -0.2) is 30.8 Å². The van der Waals surface area contributed by atoms with Crippen molar-refractivity contribution < 1.29 is 9.26 Å². The molecule has 5 nitrogen and oxygen atoms in total. The minimum atomic E-state index is 0.424. The summed E-state index contributed by atoms with van der Waals surface area (Å²) in [6.45, 7) is 1.60. The largest absolute Gasteiger partial charge is 0.496 e. The van der Waals surface area contributed by atoms with Crippen molar-refractivity contribution in [1.29, 1.82) is 0 Å². The fourth-order valence-electron chi connectivity index (χ4n) is 1.97. The van der Waals surface area contributed by atoms with E-state index in [9.17, 15) is 0 Å². The van der Waals surface area contributed by atoms with Crippen LogP contribution in [0.5, 0.6) is 5.75 Å². The lowest BCUT2D eigenvalue weighted by Crippen LogP contribution is -2.20. The van der Waals surface area contributed by atoms with Gasteiger partial charge in [-0.15, -0.1) is 0 Å². The molecule has 1 aromatic heterocycles. The molecule has 0 aliphatic heterocycles. The first-order chi connectivity index (χ1) is 9.19. The Morgan fingerprint density at radius 1 is 1.37 bits per heavy atom. The fourth-order valence-corrected chi connectivity index (χ4v) is 1.97. The number of aromatic nitrogens is 1. The summed E-state index contributed by atoms with van der Waals surface area (Å²) in [6.07, 6.45) is 0.921.